The fraction of sp³-hybridized carbons (Fsp3) is 0.286. The molecule has 0 fully saturated rings. The lowest BCUT2D eigenvalue weighted by atomic mass is 10.3. The fourth-order valence-electron chi connectivity index (χ4n) is 1.76. The largest absolute Gasteiger partial charge is 0.325 e. The molecule has 2 aromatic rings. The van der Waals surface area contributed by atoms with Crippen molar-refractivity contribution in [1.29, 1.82) is 0 Å². The third-order valence-electron chi connectivity index (χ3n) is 2.76. The molecule has 1 amide bonds. The number of anilines is 1. The summed E-state index contributed by atoms with van der Waals surface area (Å²) >= 11 is 5.79. The number of carbonyl (C=O) groups is 1. The second-order valence-corrected chi connectivity index (χ2v) is 5.00. The van der Waals surface area contributed by atoms with Crippen LogP contribution in [0.5, 0.6) is 0 Å². The Balaban J connectivity index is 1.73. The van der Waals surface area contributed by atoms with E-state index in [9.17, 15) is 4.79 Å². The van der Waals surface area contributed by atoms with Gasteiger partial charge in [0.15, 0.2) is 0 Å². The number of hydrogen-bond donors (Lipinski definition) is 2. The normalized spacial score (nSPS) is 12.1. The van der Waals surface area contributed by atoms with Gasteiger partial charge in [0, 0.05) is 29.1 Å². The molecule has 6 heteroatoms. The topological polar surface area (TPSA) is 59.0 Å². The Kier molecular flexibility index (Phi) is 5.15. The van der Waals surface area contributed by atoms with Crippen LogP contribution in [-0.4, -0.2) is 28.3 Å². The van der Waals surface area contributed by atoms with Gasteiger partial charge in [0.1, 0.15) is 0 Å². The highest BCUT2D eigenvalue weighted by Crippen LogP contribution is 2.12. The molecule has 1 heterocycles. The lowest BCUT2D eigenvalue weighted by Crippen LogP contribution is -2.36. The minimum Gasteiger partial charge on any atom is -0.325 e. The molecule has 1 atom stereocenters. The molecule has 1 aromatic carbocycles. The van der Waals surface area contributed by atoms with E-state index in [4.69, 9.17) is 11.6 Å². The van der Waals surface area contributed by atoms with Crippen molar-refractivity contribution >= 4 is 23.2 Å². The summed E-state index contributed by atoms with van der Waals surface area (Å²) in [5.74, 6) is -0.0837. The molecule has 0 spiro atoms. The van der Waals surface area contributed by atoms with Crippen molar-refractivity contribution in [3.8, 4) is 0 Å². The average molecular weight is 293 g/mol. The summed E-state index contributed by atoms with van der Waals surface area (Å²) in [6, 6.07) is 9.06. The number of rotatable bonds is 6. The van der Waals surface area contributed by atoms with Crippen LogP contribution in [0, 0.1) is 0 Å². The van der Waals surface area contributed by atoms with Crippen LogP contribution in [0.4, 0.5) is 5.69 Å². The van der Waals surface area contributed by atoms with Crippen LogP contribution in [0.1, 0.15) is 6.92 Å². The van der Waals surface area contributed by atoms with Gasteiger partial charge in [-0.05, 0) is 37.3 Å². The van der Waals surface area contributed by atoms with Gasteiger partial charge in [-0.1, -0.05) is 11.6 Å². The maximum atomic E-state index is 11.8. The van der Waals surface area contributed by atoms with Crippen molar-refractivity contribution in [2.24, 2.45) is 0 Å². The maximum absolute atomic E-state index is 11.8. The van der Waals surface area contributed by atoms with Crippen molar-refractivity contribution in [3.05, 3.63) is 47.7 Å². The zero-order valence-electron chi connectivity index (χ0n) is 11.2. The Morgan fingerprint density at radius 3 is 2.80 bits per heavy atom. The van der Waals surface area contributed by atoms with Gasteiger partial charge in [-0.15, -0.1) is 0 Å². The standard InChI is InChI=1S/C14H17ClN4O/c1-11(10-19-8-2-7-17-19)16-9-14(20)18-13-5-3-12(15)4-6-13/h2-8,11,16H,9-10H2,1H3,(H,18,20). The van der Waals surface area contributed by atoms with Crippen molar-refractivity contribution in [2.45, 2.75) is 19.5 Å². The highest BCUT2D eigenvalue weighted by Gasteiger charge is 2.06. The van der Waals surface area contributed by atoms with Crippen LogP contribution in [0.15, 0.2) is 42.7 Å². The van der Waals surface area contributed by atoms with Gasteiger partial charge in [0.25, 0.3) is 0 Å². The van der Waals surface area contributed by atoms with Gasteiger partial charge < -0.3 is 10.6 Å². The molecule has 2 N–H and O–H groups in total. The summed E-state index contributed by atoms with van der Waals surface area (Å²) in [5.41, 5.74) is 0.737. The summed E-state index contributed by atoms with van der Waals surface area (Å²) < 4.78 is 1.83. The average Bonchev–Trinajstić information content (AvgIpc) is 2.92. The molecule has 0 aliphatic carbocycles. The number of carbonyl (C=O) groups excluding carboxylic acids is 1. The van der Waals surface area contributed by atoms with Crippen molar-refractivity contribution in [1.82, 2.24) is 15.1 Å². The molecule has 2 rings (SSSR count). The molecule has 0 saturated heterocycles. The van der Waals surface area contributed by atoms with Crippen LogP contribution < -0.4 is 10.6 Å². The zero-order chi connectivity index (χ0) is 14.4. The van der Waals surface area contributed by atoms with Crippen molar-refractivity contribution in [2.75, 3.05) is 11.9 Å². The highest BCUT2D eigenvalue weighted by molar-refractivity contribution is 6.30. The molecule has 0 radical (unpaired) electrons. The van der Waals surface area contributed by atoms with Crippen LogP contribution >= 0.6 is 11.6 Å². The van der Waals surface area contributed by atoms with Gasteiger partial charge >= 0.3 is 0 Å². The van der Waals surface area contributed by atoms with E-state index in [2.05, 4.69) is 15.7 Å². The van der Waals surface area contributed by atoms with Gasteiger partial charge in [0.05, 0.1) is 13.1 Å². The number of nitrogens with zero attached hydrogens (tertiary/aromatic N) is 2. The van der Waals surface area contributed by atoms with E-state index in [0.717, 1.165) is 12.2 Å². The number of hydrogen-bond acceptors (Lipinski definition) is 3. The van der Waals surface area contributed by atoms with E-state index in [0.29, 0.717) is 5.02 Å². The molecule has 0 saturated carbocycles. The SMILES string of the molecule is CC(Cn1cccn1)NCC(=O)Nc1ccc(Cl)cc1. The van der Waals surface area contributed by atoms with Crippen LogP contribution in [0.2, 0.25) is 5.02 Å². The fourth-order valence-corrected chi connectivity index (χ4v) is 1.88. The minimum atomic E-state index is -0.0837. The monoisotopic (exact) mass is 292 g/mol. The van der Waals surface area contributed by atoms with Gasteiger partial charge in [-0.2, -0.15) is 5.10 Å². The third-order valence-corrected chi connectivity index (χ3v) is 3.01. The predicted octanol–water partition coefficient (Wildman–Crippen LogP) is 2.15. The van der Waals surface area contributed by atoms with E-state index < -0.39 is 0 Å². The first kappa shape index (κ1) is 14.6. The number of amides is 1. The molecule has 20 heavy (non-hydrogen) atoms. The first-order valence-electron chi connectivity index (χ1n) is 6.40. The quantitative estimate of drug-likeness (QED) is 0.858. The summed E-state index contributed by atoms with van der Waals surface area (Å²) in [6.45, 7) is 2.99. The lowest BCUT2D eigenvalue weighted by Gasteiger charge is -2.13. The molecule has 5 nitrogen and oxygen atoms in total. The van der Waals surface area contributed by atoms with Crippen LogP contribution in [0.25, 0.3) is 0 Å². The summed E-state index contributed by atoms with van der Waals surface area (Å²) in [6.07, 6.45) is 3.63. The molecule has 106 valence electrons. The van der Waals surface area contributed by atoms with E-state index in [1.54, 1.807) is 30.5 Å². The van der Waals surface area contributed by atoms with Gasteiger partial charge in [0.2, 0.25) is 5.91 Å². The van der Waals surface area contributed by atoms with Crippen molar-refractivity contribution in [3.63, 3.8) is 0 Å². The Morgan fingerprint density at radius 1 is 1.40 bits per heavy atom. The van der Waals surface area contributed by atoms with E-state index in [1.165, 1.54) is 0 Å². The van der Waals surface area contributed by atoms with E-state index >= 15 is 0 Å². The molecule has 0 bridgehead atoms. The minimum absolute atomic E-state index is 0.0837. The number of aromatic nitrogens is 2. The number of benzene rings is 1. The summed E-state index contributed by atoms with van der Waals surface area (Å²) in [7, 11) is 0. The zero-order valence-corrected chi connectivity index (χ0v) is 12.0. The van der Waals surface area contributed by atoms with Gasteiger partial charge in [-0.25, -0.2) is 0 Å². The maximum Gasteiger partial charge on any atom is 0.238 e. The first-order valence-corrected chi connectivity index (χ1v) is 6.77. The predicted molar refractivity (Wildman–Crippen MR) is 79.8 cm³/mol. The van der Waals surface area contributed by atoms with Crippen LogP contribution in [-0.2, 0) is 11.3 Å². The molecular weight excluding hydrogens is 276 g/mol. The second-order valence-electron chi connectivity index (χ2n) is 4.57. The molecular formula is C14H17ClN4O. The number of nitrogens with one attached hydrogen (secondary N) is 2. The molecule has 1 aromatic heterocycles. The molecule has 0 aliphatic heterocycles. The Morgan fingerprint density at radius 2 is 2.15 bits per heavy atom. The smallest absolute Gasteiger partial charge is 0.238 e. The number of halogens is 1. The summed E-state index contributed by atoms with van der Waals surface area (Å²) in [5, 5.41) is 10.7. The van der Waals surface area contributed by atoms with Gasteiger partial charge in [-0.3, -0.25) is 9.48 Å². The van der Waals surface area contributed by atoms with E-state index in [1.807, 2.05) is 23.9 Å². The Labute approximate surface area is 122 Å². The second kappa shape index (κ2) is 7.07. The lowest BCUT2D eigenvalue weighted by molar-refractivity contribution is -0.115. The van der Waals surface area contributed by atoms with Crippen molar-refractivity contribution < 1.29 is 4.79 Å². The third kappa shape index (κ3) is 4.68. The van der Waals surface area contributed by atoms with E-state index in [-0.39, 0.29) is 18.5 Å². The molecule has 1 unspecified atom stereocenters. The highest BCUT2D eigenvalue weighted by atomic mass is 35.5. The Bertz CT molecular complexity index is 539. The Hall–Kier alpha value is -1.85. The molecule has 0 aliphatic rings. The van der Waals surface area contributed by atoms with Crippen LogP contribution in [0.3, 0.4) is 0 Å². The summed E-state index contributed by atoms with van der Waals surface area (Å²) in [4.78, 5) is 11.8. The first-order chi connectivity index (χ1) is 9.63.